The first kappa shape index (κ1) is 16.9. The van der Waals surface area contributed by atoms with Gasteiger partial charge in [-0.2, -0.15) is 0 Å². The summed E-state index contributed by atoms with van der Waals surface area (Å²) in [5.41, 5.74) is -0.691. The Kier molecular flexibility index (Phi) is 5.95. The first-order valence-corrected chi connectivity index (χ1v) is 7.14. The Balaban J connectivity index is 2.41. The van der Waals surface area contributed by atoms with Crippen LogP contribution < -0.4 is 5.32 Å². The summed E-state index contributed by atoms with van der Waals surface area (Å²) in [6.07, 6.45) is 1.52. The summed E-state index contributed by atoms with van der Waals surface area (Å²) in [6, 6.07) is -0.150. The molecule has 2 amide bonds. The molecule has 0 aromatic rings. The molecule has 6 nitrogen and oxygen atoms in total. The van der Waals surface area contributed by atoms with E-state index >= 15 is 0 Å². The molecule has 1 rings (SSSR count). The summed E-state index contributed by atoms with van der Waals surface area (Å²) in [5.74, 6) is -0.0811. The van der Waals surface area contributed by atoms with Crippen molar-refractivity contribution in [1.82, 2.24) is 15.1 Å². The van der Waals surface area contributed by atoms with Crippen LogP contribution in [0.4, 0.5) is 0 Å². The molecule has 0 bridgehead atoms. The van der Waals surface area contributed by atoms with Crippen molar-refractivity contribution in [2.75, 3.05) is 33.7 Å². The number of carbonyl (C=O) groups is 2. The molecule has 0 aromatic heterocycles. The van der Waals surface area contributed by atoms with Crippen molar-refractivity contribution < 1.29 is 14.7 Å². The molecule has 0 aromatic carbocycles. The van der Waals surface area contributed by atoms with E-state index in [1.54, 1.807) is 4.90 Å². The molecule has 116 valence electrons. The van der Waals surface area contributed by atoms with Crippen LogP contribution in [0.2, 0.25) is 0 Å². The molecule has 1 atom stereocenters. The molecule has 1 heterocycles. The van der Waals surface area contributed by atoms with Gasteiger partial charge in [-0.3, -0.25) is 9.59 Å². The number of nitrogens with one attached hydrogen (secondary N) is 1. The minimum absolute atomic E-state index is 0.0400. The molecule has 0 saturated carbocycles. The Labute approximate surface area is 121 Å². The van der Waals surface area contributed by atoms with Crippen LogP contribution in [0.1, 0.15) is 33.1 Å². The molecule has 0 spiro atoms. The predicted octanol–water partition coefficient (Wildman–Crippen LogP) is -0.184. The summed E-state index contributed by atoms with van der Waals surface area (Å²) in [6.45, 7) is 5.05. The summed E-state index contributed by atoms with van der Waals surface area (Å²) in [4.78, 5) is 26.8. The summed E-state index contributed by atoms with van der Waals surface area (Å²) in [7, 11) is 3.87. The quantitative estimate of drug-likeness (QED) is 0.735. The minimum atomic E-state index is -0.691. The second-order valence-electron chi connectivity index (χ2n) is 6.15. The Hall–Kier alpha value is -1.14. The molecule has 1 saturated heterocycles. The minimum Gasteiger partial charge on any atom is -0.388 e. The van der Waals surface area contributed by atoms with Crippen LogP contribution in [0.15, 0.2) is 0 Å². The van der Waals surface area contributed by atoms with Crippen molar-refractivity contribution in [3.63, 3.8) is 0 Å². The van der Waals surface area contributed by atoms with Gasteiger partial charge in [-0.15, -0.1) is 0 Å². The number of aliphatic hydroxyl groups is 1. The van der Waals surface area contributed by atoms with Gasteiger partial charge in [0.1, 0.15) is 0 Å². The van der Waals surface area contributed by atoms with Gasteiger partial charge >= 0.3 is 0 Å². The predicted molar refractivity (Wildman–Crippen MR) is 77.2 cm³/mol. The van der Waals surface area contributed by atoms with Crippen LogP contribution in [-0.4, -0.2) is 72.1 Å². The fourth-order valence-electron chi connectivity index (χ4n) is 2.71. The van der Waals surface area contributed by atoms with Gasteiger partial charge < -0.3 is 20.2 Å². The molecular formula is C14H27N3O3. The number of amides is 2. The van der Waals surface area contributed by atoms with Gasteiger partial charge in [0.2, 0.25) is 11.8 Å². The normalized spacial score (nSPS) is 19.8. The third kappa shape index (κ3) is 5.46. The van der Waals surface area contributed by atoms with E-state index < -0.39 is 5.60 Å². The molecule has 0 aliphatic carbocycles. The zero-order valence-electron chi connectivity index (χ0n) is 13.0. The van der Waals surface area contributed by atoms with Crippen molar-refractivity contribution in [2.24, 2.45) is 0 Å². The number of likely N-dealkylation sites (N-methyl/N-ethyl adjacent to an activating group) is 1. The number of piperidine rings is 1. The standard InChI is InChI=1S/C14H27N3O3/c1-11(15-12(2)18)9-13(19)17-7-5-14(20,6-8-17)10-16(3)4/h11,20H,5-10H2,1-4H3,(H,15,18). The van der Waals surface area contributed by atoms with Crippen molar-refractivity contribution in [3.8, 4) is 0 Å². The van der Waals surface area contributed by atoms with Crippen LogP contribution in [0.25, 0.3) is 0 Å². The first-order chi connectivity index (χ1) is 9.22. The average Bonchev–Trinajstić information content (AvgIpc) is 2.26. The molecular weight excluding hydrogens is 258 g/mol. The van der Waals surface area contributed by atoms with Gasteiger partial charge in [-0.1, -0.05) is 0 Å². The van der Waals surface area contributed by atoms with Crippen molar-refractivity contribution in [2.45, 2.75) is 44.8 Å². The third-order valence-electron chi connectivity index (χ3n) is 3.59. The van der Waals surface area contributed by atoms with Crippen molar-refractivity contribution in [3.05, 3.63) is 0 Å². The fraction of sp³-hybridized carbons (Fsp3) is 0.857. The first-order valence-electron chi connectivity index (χ1n) is 7.14. The van der Waals surface area contributed by atoms with E-state index in [4.69, 9.17) is 0 Å². The molecule has 1 unspecified atom stereocenters. The molecule has 20 heavy (non-hydrogen) atoms. The lowest BCUT2D eigenvalue weighted by molar-refractivity contribution is -0.136. The molecule has 0 radical (unpaired) electrons. The number of likely N-dealkylation sites (tertiary alicyclic amines) is 1. The maximum Gasteiger partial charge on any atom is 0.224 e. The number of carbonyl (C=O) groups excluding carboxylic acids is 2. The van der Waals surface area contributed by atoms with Gasteiger partial charge in [0.05, 0.1) is 5.60 Å². The van der Waals surface area contributed by atoms with E-state index in [9.17, 15) is 14.7 Å². The Bertz CT molecular complexity index is 350. The molecule has 1 aliphatic heterocycles. The van der Waals surface area contributed by atoms with Crippen LogP contribution in [-0.2, 0) is 9.59 Å². The highest BCUT2D eigenvalue weighted by Gasteiger charge is 2.34. The second kappa shape index (κ2) is 7.04. The van der Waals surface area contributed by atoms with Gasteiger partial charge in [-0.05, 0) is 33.9 Å². The maximum absolute atomic E-state index is 12.1. The van der Waals surface area contributed by atoms with E-state index in [0.29, 0.717) is 38.9 Å². The Morgan fingerprint density at radius 1 is 1.35 bits per heavy atom. The number of rotatable bonds is 5. The van der Waals surface area contributed by atoms with E-state index in [1.165, 1.54) is 6.92 Å². The van der Waals surface area contributed by atoms with E-state index in [1.807, 2.05) is 25.9 Å². The van der Waals surface area contributed by atoms with Crippen LogP contribution in [0, 0.1) is 0 Å². The maximum atomic E-state index is 12.1. The highest BCUT2D eigenvalue weighted by molar-refractivity contribution is 5.78. The smallest absolute Gasteiger partial charge is 0.224 e. The van der Waals surface area contributed by atoms with Gasteiger partial charge in [0.15, 0.2) is 0 Å². The van der Waals surface area contributed by atoms with E-state index in [2.05, 4.69) is 5.32 Å². The molecule has 6 heteroatoms. The second-order valence-corrected chi connectivity index (χ2v) is 6.15. The highest BCUT2D eigenvalue weighted by atomic mass is 16.3. The van der Waals surface area contributed by atoms with E-state index in [-0.39, 0.29) is 17.9 Å². The Morgan fingerprint density at radius 3 is 2.35 bits per heavy atom. The van der Waals surface area contributed by atoms with Crippen LogP contribution in [0.3, 0.4) is 0 Å². The average molecular weight is 285 g/mol. The van der Waals surface area contributed by atoms with E-state index in [0.717, 1.165) is 0 Å². The fourth-order valence-corrected chi connectivity index (χ4v) is 2.71. The Morgan fingerprint density at radius 2 is 1.90 bits per heavy atom. The monoisotopic (exact) mass is 285 g/mol. The zero-order valence-corrected chi connectivity index (χ0v) is 13.0. The third-order valence-corrected chi connectivity index (χ3v) is 3.59. The summed E-state index contributed by atoms with van der Waals surface area (Å²) < 4.78 is 0. The lowest BCUT2D eigenvalue weighted by atomic mass is 9.90. The number of hydrogen-bond donors (Lipinski definition) is 2. The molecule has 1 fully saturated rings. The summed E-state index contributed by atoms with van der Waals surface area (Å²) >= 11 is 0. The number of hydrogen-bond acceptors (Lipinski definition) is 4. The molecule has 2 N–H and O–H groups in total. The van der Waals surface area contributed by atoms with Gasteiger partial charge in [0.25, 0.3) is 0 Å². The SMILES string of the molecule is CC(=O)NC(C)CC(=O)N1CCC(O)(CN(C)C)CC1. The van der Waals surface area contributed by atoms with Crippen molar-refractivity contribution in [1.29, 1.82) is 0 Å². The van der Waals surface area contributed by atoms with Crippen LogP contribution >= 0.6 is 0 Å². The number of nitrogens with zero attached hydrogens (tertiary/aromatic N) is 2. The lowest BCUT2D eigenvalue weighted by Gasteiger charge is -2.39. The lowest BCUT2D eigenvalue weighted by Crippen LogP contribution is -2.51. The largest absolute Gasteiger partial charge is 0.388 e. The molecule has 1 aliphatic rings. The summed E-state index contributed by atoms with van der Waals surface area (Å²) in [5, 5.41) is 13.1. The van der Waals surface area contributed by atoms with Gasteiger partial charge in [0, 0.05) is 39.0 Å². The topological polar surface area (TPSA) is 72.9 Å². The highest BCUT2D eigenvalue weighted by Crippen LogP contribution is 2.23. The van der Waals surface area contributed by atoms with Crippen LogP contribution in [0.5, 0.6) is 0 Å². The zero-order chi connectivity index (χ0) is 15.3. The van der Waals surface area contributed by atoms with Crippen molar-refractivity contribution >= 4 is 11.8 Å². The van der Waals surface area contributed by atoms with Gasteiger partial charge in [-0.25, -0.2) is 0 Å².